The van der Waals surface area contributed by atoms with Gasteiger partial charge in [-0.25, -0.2) is 4.79 Å². The van der Waals surface area contributed by atoms with Crippen molar-refractivity contribution in [1.29, 1.82) is 5.41 Å². The molecule has 0 atom stereocenters. The molecular formula is C6H12NNaO6. The Morgan fingerprint density at radius 3 is 1.14 bits per heavy atom. The van der Waals surface area contributed by atoms with Gasteiger partial charge in [-0.15, -0.1) is 0 Å². The maximum Gasteiger partial charge on any atom is 1.00 e. The summed E-state index contributed by atoms with van der Waals surface area (Å²) in [5, 5.41) is 28.2. The third-order valence-electron chi connectivity index (χ3n) is 0.123. The summed E-state index contributed by atoms with van der Waals surface area (Å²) in [6, 6.07) is 0. The quantitative estimate of drug-likeness (QED) is 0.273. The van der Waals surface area contributed by atoms with Gasteiger partial charge in [0.15, 0.2) is 0 Å². The average Bonchev–Trinajstić information content (AvgIpc) is 1.84. The fraction of sp³-hybridized carbons (Fsp3) is 0.333. The molecule has 0 radical (unpaired) electrons. The molecule has 0 spiro atoms. The van der Waals surface area contributed by atoms with Crippen molar-refractivity contribution in [3.05, 3.63) is 0 Å². The van der Waals surface area contributed by atoms with Crippen LogP contribution in [0.4, 0.5) is 0 Å². The second-order valence-electron chi connectivity index (χ2n) is 1.52. The van der Waals surface area contributed by atoms with Crippen LogP contribution < -0.4 is 29.6 Å². The second-order valence-corrected chi connectivity index (χ2v) is 1.52. The molecule has 0 aromatic heterocycles. The minimum Gasteiger partial charge on any atom is -1.00 e. The minimum absolute atomic E-state index is 0. The van der Waals surface area contributed by atoms with Gasteiger partial charge in [-0.05, 0) is 0 Å². The molecule has 0 saturated carbocycles. The van der Waals surface area contributed by atoms with Gasteiger partial charge in [-0.2, -0.15) is 0 Å². The van der Waals surface area contributed by atoms with E-state index in [1.807, 2.05) is 0 Å². The van der Waals surface area contributed by atoms with E-state index in [4.69, 9.17) is 35.1 Å². The molecule has 0 amide bonds. The van der Waals surface area contributed by atoms with Gasteiger partial charge in [0, 0.05) is 13.8 Å². The van der Waals surface area contributed by atoms with E-state index < -0.39 is 17.9 Å². The predicted octanol–water partition coefficient (Wildman–Crippen LogP) is -2.98. The Morgan fingerprint density at radius 1 is 1.07 bits per heavy atom. The van der Waals surface area contributed by atoms with E-state index in [1.165, 1.54) is 0 Å². The molecule has 78 valence electrons. The van der Waals surface area contributed by atoms with Crippen LogP contribution in [0, 0.1) is 5.41 Å². The molecule has 0 bridgehead atoms. The Morgan fingerprint density at radius 2 is 1.14 bits per heavy atom. The Labute approximate surface area is 104 Å². The van der Waals surface area contributed by atoms with Crippen LogP contribution in [-0.2, 0) is 14.4 Å². The molecule has 0 aromatic rings. The molecule has 0 aliphatic carbocycles. The standard InChI is InChI=1S/C2H3NO2.2C2H4O2.Na.H/c3-1-2(4)5;2*1-2(3)4;;/h1,3H,(H,4,5);2*1H3,(H,3,4);;/q;;;+1;-1. The number of carboxylic acid groups (broad SMARTS) is 3. The number of hydrogen-bond donors (Lipinski definition) is 4. The number of carboxylic acids is 3. The van der Waals surface area contributed by atoms with Gasteiger partial charge in [0.1, 0.15) is 6.21 Å². The minimum atomic E-state index is -1.20. The van der Waals surface area contributed by atoms with Gasteiger partial charge >= 0.3 is 35.5 Å². The number of carbonyl (C=O) groups is 3. The first-order valence-electron chi connectivity index (χ1n) is 2.86. The van der Waals surface area contributed by atoms with E-state index in [1.54, 1.807) is 0 Å². The number of aliphatic carboxylic acids is 3. The number of rotatable bonds is 1. The van der Waals surface area contributed by atoms with Gasteiger partial charge in [0.25, 0.3) is 11.9 Å². The summed E-state index contributed by atoms with van der Waals surface area (Å²) in [5.41, 5.74) is 0. The largest absolute Gasteiger partial charge is 1.00 e. The first-order valence-corrected chi connectivity index (χ1v) is 2.86. The average molecular weight is 217 g/mol. The van der Waals surface area contributed by atoms with Crippen molar-refractivity contribution in [2.45, 2.75) is 13.8 Å². The zero-order valence-electron chi connectivity index (χ0n) is 9.14. The van der Waals surface area contributed by atoms with Crippen LogP contribution in [0.25, 0.3) is 0 Å². The van der Waals surface area contributed by atoms with Crippen LogP contribution in [0.15, 0.2) is 0 Å². The maximum atomic E-state index is 9.12. The summed E-state index contributed by atoms with van der Waals surface area (Å²) < 4.78 is 0. The Balaban J connectivity index is -0.0000000315. The van der Waals surface area contributed by atoms with Crippen molar-refractivity contribution in [2.75, 3.05) is 0 Å². The van der Waals surface area contributed by atoms with Crippen LogP contribution in [0.2, 0.25) is 0 Å². The van der Waals surface area contributed by atoms with Crippen LogP contribution in [0.3, 0.4) is 0 Å². The van der Waals surface area contributed by atoms with E-state index in [9.17, 15) is 0 Å². The molecule has 0 aromatic carbocycles. The van der Waals surface area contributed by atoms with E-state index in [2.05, 4.69) is 0 Å². The summed E-state index contributed by atoms with van der Waals surface area (Å²) in [7, 11) is 0. The fourth-order valence-corrected chi connectivity index (χ4v) is 0. The number of hydrogen-bond acceptors (Lipinski definition) is 4. The molecule has 0 unspecified atom stereocenters. The summed E-state index contributed by atoms with van der Waals surface area (Å²) in [6.07, 6.45) is 0.333. The molecule has 0 aliphatic heterocycles. The summed E-state index contributed by atoms with van der Waals surface area (Å²) in [6.45, 7) is 2.17. The molecule has 0 heterocycles. The Kier molecular flexibility index (Phi) is 29.7. The molecule has 7 nitrogen and oxygen atoms in total. The summed E-state index contributed by atoms with van der Waals surface area (Å²) in [4.78, 5) is 27.1. The third kappa shape index (κ3) is 965. The van der Waals surface area contributed by atoms with Gasteiger partial charge in [0.2, 0.25) is 0 Å². The predicted molar refractivity (Wildman–Crippen MR) is 44.2 cm³/mol. The summed E-state index contributed by atoms with van der Waals surface area (Å²) in [5.74, 6) is -2.87. The van der Waals surface area contributed by atoms with Crippen molar-refractivity contribution >= 4 is 24.1 Å². The van der Waals surface area contributed by atoms with Gasteiger partial charge < -0.3 is 22.2 Å². The van der Waals surface area contributed by atoms with Gasteiger partial charge in [-0.1, -0.05) is 0 Å². The van der Waals surface area contributed by atoms with Crippen molar-refractivity contribution in [3.8, 4) is 0 Å². The van der Waals surface area contributed by atoms with Crippen LogP contribution in [0.1, 0.15) is 15.3 Å². The van der Waals surface area contributed by atoms with Gasteiger partial charge in [-0.3, -0.25) is 9.59 Å². The first-order chi connectivity index (χ1) is 5.73. The Hall–Kier alpha value is -0.920. The number of nitrogens with one attached hydrogen (secondary N) is 1. The van der Waals surface area contributed by atoms with E-state index in [0.717, 1.165) is 13.8 Å². The molecule has 0 rings (SSSR count). The molecule has 14 heavy (non-hydrogen) atoms. The van der Waals surface area contributed by atoms with Crippen molar-refractivity contribution in [2.24, 2.45) is 0 Å². The fourth-order valence-electron chi connectivity index (χ4n) is 0. The third-order valence-corrected chi connectivity index (χ3v) is 0.123. The van der Waals surface area contributed by atoms with E-state index in [-0.39, 0.29) is 31.0 Å². The topological polar surface area (TPSA) is 136 Å². The van der Waals surface area contributed by atoms with Crippen molar-refractivity contribution in [1.82, 2.24) is 0 Å². The van der Waals surface area contributed by atoms with Crippen LogP contribution in [0.5, 0.6) is 0 Å². The van der Waals surface area contributed by atoms with E-state index >= 15 is 0 Å². The van der Waals surface area contributed by atoms with Crippen molar-refractivity contribution < 1.29 is 60.7 Å². The molecule has 4 N–H and O–H groups in total. The monoisotopic (exact) mass is 217 g/mol. The normalized spacial score (nSPS) is 5.86. The Bertz CT molecular complexity index is 178. The molecule has 8 heteroatoms. The van der Waals surface area contributed by atoms with E-state index in [0.29, 0.717) is 6.21 Å². The van der Waals surface area contributed by atoms with Crippen LogP contribution in [-0.4, -0.2) is 39.4 Å². The molecular weight excluding hydrogens is 205 g/mol. The van der Waals surface area contributed by atoms with Crippen molar-refractivity contribution in [3.63, 3.8) is 0 Å². The second kappa shape index (κ2) is 18.0. The maximum absolute atomic E-state index is 9.12. The summed E-state index contributed by atoms with van der Waals surface area (Å²) >= 11 is 0. The van der Waals surface area contributed by atoms with Gasteiger partial charge in [0.05, 0.1) is 0 Å². The molecule has 0 aliphatic rings. The molecule has 0 fully saturated rings. The molecule has 0 saturated heterocycles. The zero-order chi connectivity index (χ0) is 11.4. The SMILES string of the molecule is CC(=O)O.CC(=O)O.N=CC(=O)O.[H-].[Na+]. The van der Waals surface area contributed by atoms with Crippen LogP contribution >= 0.6 is 0 Å². The first kappa shape index (κ1) is 23.2. The smallest absolute Gasteiger partial charge is 1.00 e. The zero-order valence-corrected chi connectivity index (χ0v) is 10.1.